The Morgan fingerprint density at radius 1 is 0.969 bits per heavy atom. The van der Waals surface area contributed by atoms with Crippen LogP contribution in [0.15, 0.2) is 78.9 Å². The molecule has 1 heterocycles. The molecule has 1 aliphatic heterocycles. The predicted molar refractivity (Wildman–Crippen MR) is 127 cm³/mol. The fourth-order valence-corrected chi connectivity index (χ4v) is 4.64. The molecule has 0 unspecified atom stereocenters. The zero-order chi connectivity index (χ0) is 22.3. The second-order valence-corrected chi connectivity index (χ2v) is 8.89. The van der Waals surface area contributed by atoms with Gasteiger partial charge in [0.25, 0.3) is 0 Å². The number of likely N-dealkylation sites (tertiary alicyclic amines) is 1. The molecule has 2 atom stereocenters. The Balaban J connectivity index is 1.44. The Hall–Kier alpha value is -2.98. The van der Waals surface area contributed by atoms with E-state index in [9.17, 15) is 9.18 Å². The van der Waals surface area contributed by atoms with Crippen LogP contribution in [0.2, 0.25) is 0 Å². The van der Waals surface area contributed by atoms with Crippen molar-refractivity contribution < 1.29 is 9.18 Å². The molecule has 0 radical (unpaired) electrons. The molecule has 0 aliphatic carbocycles. The van der Waals surface area contributed by atoms with Crippen LogP contribution in [-0.2, 0) is 17.8 Å². The van der Waals surface area contributed by atoms with E-state index >= 15 is 0 Å². The van der Waals surface area contributed by atoms with Crippen LogP contribution in [0.5, 0.6) is 0 Å². The summed E-state index contributed by atoms with van der Waals surface area (Å²) in [7, 11) is 0. The first-order valence-corrected chi connectivity index (χ1v) is 11.4. The quantitative estimate of drug-likeness (QED) is 0.566. The maximum absolute atomic E-state index is 13.3. The highest BCUT2D eigenvalue weighted by Crippen LogP contribution is 2.31. The van der Waals surface area contributed by atoms with Crippen LogP contribution in [0.4, 0.5) is 4.39 Å². The van der Waals surface area contributed by atoms with Gasteiger partial charge in [-0.1, -0.05) is 72.3 Å². The molecule has 3 nitrogen and oxygen atoms in total. The molecule has 0 spiro atoms. The Bertz CT molecular complexity index is 1020. The van der Waals surface area contributed by atoms with Gasteiger partial charge in [0.2, 0.25) is 5.91 Å². The molecule has 1 saturated heterocycles. The largest absolute Gasteiger partial charge is 0.355 e. The molecule has 1 amide bonds. The smallest absolute Gasteiger partial charge is 0.224 e. The molecular weight excluding hydrogens is 399 g/mol. The van der Waals surface area contributed by atoms with Gasteiger partial charge in [-0.15, -0.1) is 0 Å². The van der Waals surface area contributed by atoms with Crippen LogP contribution >= 0.6 is 0 Å². The first-order valence-electron chi connectivity index (χ1n) is 11.4. The monoisotopic (exact) mass is 430 g/mol. The Kier molecular flexibility index (Phi) is 7.33. The van der Waals surface area contributed by atoms with Crippen molar-refractivity contribution in [1.82, 2.24) is 10.2 Å². The van der Waals surface area contributed by atoms with Crippen molar-refractivity contribution in [2.75, 3.05) is 19.6 Å². The lowest BCUT2D eigenvalue weighted by Gasteiger charge is -2.37. The molecule has 1 fully saturated rings. The molecule has 1 aliphatic rings. The number of piperidine rings is 1. The van der Waals surface area contributed by atoms with Gasteiger partial charge in [0.1, 0.15) is 5.82 Å². The number of benzene rings is 3. The van der Waals surface area contributed by atoms with E-state index in [1.54, 1.807) is 0 Å². The Morgan fingerprint density at radius 3 is 2.50 bits per heavy atom. The summed E-state index contributed by atoms with van der Waals surface area (Å²) in [5, 5.41) is 3.16. The molecule has 166 valence electrons. The number of nitrogens with zero attached hydrogens (tertiary/aromatic N) is 1. The van der Waals surface area contributed by atoms with Crippen molar-refractivity contribution in [3.63, 3.8) is 0 Å². The lowest BCUT2D eigenvalue weighted by Crippen LogP contribution is -2.45. The van der Waals surface area contributed by atoms with E-state index in [0.29, 0.717) is 12.5 Å². The van der Waals surface area contributed by atoms with Gasteiger partial charge < -0.3 is 5.32 Å². The van der Waals surface area contributed by atoms with Gasteiger partial charge in [-0.05, 0) is 54.5 Å². The minimum Gasteiger partial charge on any atom is -0.355 e. The van der Waals surface area contributed by atoms with Crippen molar-refractivity contribution >= 4 is 5.91 Å². The number of aryl methyl sites for hydroxylation is 1. The van der Waals surface area contributed by atoms with Gasteiger partial charge in [-0.3, -0.25) is 9.69 Å². The van der Waals surface area contributed by atoms with Crippen LogP contribution in [0, 0.1) is 18.7 Å². The molecule has 0 aromatic heterocycles. The number of amides is 1. The van der Waals surface area contributed by atoms with E-state index in [1.165, 1.54) is 28.8 Å². The number of nitrogens with one attached hydrogen (secondary N) is 1. The van der Waals surface area contributed by atoms with Gasteiger partial charge in [0.15, 0.2) is 0 Å². The van der Waals surface area contributed by atoms with E-state index in [2.05, 4.69) is 53.5 Å². The molecule has 0 saturated carbocycles. The average molecular weight is 431 g/mol. The fraction of sp³-hybridized carbons (Fsp3) is 0.321. The third-order valence-corrected chi connectivity index (χ3v) is 6.29. The van der Waals surface area contributed by atoms with Crippen molar-refractivity contribution in [2.45, 2.75) is 32.2 Å². The number of rotatable bonds is 7. The van der Waals surface area contributed by atoms with Crippen LogP contribution < -0.4 is 5.32 Å². The van der Waals surface area contributed by atoms with E-state index in [4.69, 9.17) is 0 Å². The average Bonchev–Trinajstić information content (AvgIpc) is 2.81. The molecule has 3 aromatic rings. The number of carbonyl (C=O) groups excluding carboxylic acids is 1. The summed E-state index contributed by atoms with van der Waals surface area (Å²) in [6.07, 6.45) is 1.68. The third-order valence-electron chi connectivity index (χ3n) is 6.29. The maximum atomic E-state index is 13.3. The second-order valence-electron chi connectivity index (χ2n) is 8.89. The molecular formula is C28H31FN2O. The summed E-state index contributed by atoms with van der Waals surface area (Å²) < 4.78 is 13.3. The highest BCUT2D eigenvalue weighted by molar-refractivity contribution is 5.79. The molecule has 4 heteroatoms. The van der Waals surface area contributed by atoms with Gasteiger partial charge in [0, 0.05) is 26.2 Å². The predicted octanol–water partition coefficient (Wildman–Crippen LogP) is 5.10. The van der Waals surface area contributed by atoms with Crippen molar-refractivity contribution in [1.29, 1.82) is 0 Å². The number of hydrogen-bond acceptors (Lipinski definition) is 2. The normalized spacial score (nSPS) is 18.9. The minimum absolute atomic E-state index is 0.0644. The van der Waals surface area contributed by atoms with Crippen LogP contribution in [0.1, 0.15) is 34.6 Å². The first kappa shape index (κ1) is 22.2. The molecule has 1 N–H and O–H groups in total. The van der Waals surface area contributed by atoms with Gasteiger partial charge >= 0.3 is 0 Å². The molecule has 32 heavy (non-hydrogen) atoms. The van der Waals surface area contributed by atoms with Gasteiger partial charge in [-0.25, -0.2) is 4.39 Å². The standard InChI is InChI=1S/C28H31FN2O/c1-21-6-5-9-24(16-21)25-17-26(28(32)30-15-14-22-7-3-2-4-8-22)20-31(19-25)18-23-10-12-27(29)13-11-23/h2-13,16,25-26H,14-15,17-20H2,1H3,(H,30,32)/t25-,26-/m1/s1. The van der Waals surface area contributed by atoms with Crippen LogP contribution in [-0.4, -0.2) is 30.4 Å². The number of carbonyl (C=O) groups is 1. The lowest BCUT2D eigenvalue weighted by molar-refractivity contribution is -0.127. The summed E-state index contributed by atoms with van der Waals surface area (Å²) in [6.45, 7) is 5.09. The SMILES string of the molecule is Cc1cccc([C@@H]2C[C@@H](C(=O)NCCc3ccccc3)CN(Cc3ccc(F)cc3)C2)c1. The van der Waals surface area contributed by atoms with Crippen molar-refractivity contribution in [2.24, 2.45) is 5.92 Å². The highest BCUT2D eigenvalue weighted by atomic mass is 19.1. The summed E-state index contributed by atoms with van der Waals surface area (Å²) in [5.41, 5.74) is 4.82. The van der Waals surface area contributed by atoms with E-state index in [1.807, 2.05) is 30.3 Å². The zero-order valence-corrected chi connectivity index (χ0v) is 18.6. The summed E-state index contributed by atoms with van der Waals surface area (Å²) in [6, 6.07) is 25.5. The Labute approximate surface area is 190 Å². The fourth-order valence-electron chi connectivity index (χ4n) is 4.64. The topological polar surface area (TPSA) is 32.3 Å². The Morgan fingerprint density at radius 2 is 1.75 bits per heavy atom. The highest BCUT2D eigenvalue weighted by Gasteiger charge is 2.32. The minimum atomic E-state index is -0.222. The first-order chi connectivity index (χ1) is 15.6. The summed E-state index contributed by atoms with van der Waals surface area (Å²) >= 11 is 0. The molecule has 0 bridgehead atoms. The van der Waals surface area contributed by atoms with E-state index < -0.39 is 0 Å². The summed E-state index contributed by atoms with van der Waals surface area (Å²) in [4.78, 5) is 15.4. The maximum Gasteiger partial charge on any atom is 0.224 e. The van der Waals surface area contributed by atoms with Crippen LogP contribution in [0.3, 0.4) is 0 Å². The van der Waals surface area contributed by atoms with E-state index in [-0.39, 0.29) is 17.6 Å². The number of hydrogen-bond donors (Lipinski definition) is 1. The third kappa shape index (κ3) is 6.04. The zero-order valence-electron chi connectivity index (χ0n) is 18.6. The van der Waals surface area contributed by atoms with Gasteiger partial charge in [0.05, 0.1) is 5.92 Å². The number of halogens is 1. The summed E-state index contributed by atoms with van der Waals surface area (Å²) in [5.74, 6) is 0.141. The van der Waals surface area contributed by atoms with Crippen LogP contribution in [0.25, 0.3) is 0 Å². The molecule has 4 rings (SSSR count). The second kappa shape index (κ2) is 10.6. The van der Waals surface area contributed by atoms with Crippen molar-refractivity contribution in [3.8, 4) is 0 Å². The van der Waals surface area contributed by atoms with Gasteiger partial charge in [-0.2, -0.15) is 0 Å². The lowest BCUT2D eigenvalue weighted by atomic mass is 9.83. The van der Waals surface area contributed by atoms with E-state index in [0.717, 1.165) is 38.0 Å². The molecule has 3 aromatic carbocycles. The van der Waals surface area contributed by atoms with Crippen molar-refractivity contribution in [3.05, 3.63) is 107 Å².